The lowest BCUT2D eigenvalue weighted by Crippen LogP contribution is -2.13. The van der Waals surface area contributed by atoms with Gasteiger partial charge in [0.2, 0.25) is 5.95 Å². The maximum atomic E-state index is 11.7. The lowest BCUT2D eigenvalue weighted by Gasteiger charge is -2.12. The highest BCUT2D eigenvalue weighted by atomic mass is 32.1. The van der Waals surface area contributed by atoms with Crippen LogP contribution in [-0.2, 0) is 4.74 Å². The third kappa shape index (κ3) is 3.30. The van der Waals surface area contributed by atoms with Crippen LogP contribution in [0.4, 0.5) is 5.95 Å². The van der Waals surface area contributed by atoms with E-state index in [0.717, 1.165) is 5.01 Å². The van der Waals surface area contributed by atoms with Crippen molar-refractivity contribution >= 4 is 23.3 Å². The number of carbonyl (C=O) groups excluding carboxylic acids is 1. The number of hydrogen-bond donors (Lipinski definition) is 1. The summed E-state index contributed by atoms with van der Waals surface area (Å²) in [6.07, 6.45) is 3.24. The SMILES string of the molecule is CCOC(=O)c1cnc(NC(C)c2nccs2)nc1C. The molecule has 1 unspecified atom stereocenters. The molecule has 0 fully saturated rings. The van der Waals surface area contributed by atoms with Gasteiger partial charge >= 0.3 is 5.97 Å². The van der Waals surface area contributed by atoms with Crippen LogP contribution >= 0.6 is 11.3 Å². The van der Waals surface area contributed by atoms with Crippen molar-refractivity contribution in [2.24, 2.45) is 0 Å². The van der Waals surface area contributed by atoms with Crippen molar-refractivity contribution < 1.29 is 9.53 Å². The van der Waals surface area contributed by atoms with Crippen LogP contribution in [0.15, 0.2) is 17.8 Å². The van der Waals surface area contributed by atoms with E-state index >= 15 is 0 Å². The molecule has 0 amide bonds. The number of thiazole rings is 1. The minimum absolute atomic E-state index is 0.0165. The van der Waals surface area contributed by atoms with Crippen LogP contribution in [-0.4, -0.2) is 27.5 Å². The summed E-state index contributed by atoms with van der Waals surface area (Å²) in [6, 6.07) is 0.0165. The van der Waals surface area contributed by atoms with Gasteiger partial charge in [0.15, 0.2) is 0 Å². The Morgan fingerprint density at radius 1 is 1.50 bits per heavy atom. The number of aryl methyl sites for hydroxylation is 1. The van der Waals surface area contributed by atoms with E-state index in [0.29, 0.717) is 23.8 Å². The maximum Gasteiger partial charge on any atom is 0.341 e. The predicted molar refractivity (Wildman–Crippen MR) is 76.9 cm³/mol. The van der Waals surface area contributed by atoms with Crippen molar-refractivity contribution in [3.63, 3.8) is 0 Å². The van der Waals surface area contributed by atoms with Crippen molar-refractivity contribution in [1.29, 1.82) is 0 Å². The molecule has 1 N–H and O–H groups in total. The Morgan fingerprint density at radius 3 is 2.90 bits per heavy atom. The second-order valence-electron chi connectivity index (χ2n) is 4.15. The number of ether oxygens (including phenoxy) is 1. The highest BCUT2D eigenvalue weighted by Gasteiger charge is 2.14. The van der Waals surface area contributed by atoms with Crippen LogP contribution in [0.1, 0.15) is 40.9 Å². The van der Waals surface area contributed by atoms with Gasteiger partial charge in [-0.15, -0.1) is 11.3 Å². The Bertz CT molecular complexity index is 586. The Hall–Kier alpha value is -2.02. The molecule has 2 aromatic heterocycles. The van der Waals surface area contributed by atoms with Crippen LogP contribution in [0, 0.1) is 6.92 Å². The Balaban J connectivity index is 2.11. The molecule has 2 aromatic rings. The fourth-order valence-corrected chi connectivity index (χ4v) is 2.30. The average Bonchev–Trinajstić information content (AvgIpc) is 2.93. The number of anilines is 1. The maximum absolute atomic E-state index is 11.7. The first kappa shape index (κ1) is 14.4. The summed E-state index contributed by atoms with van der Waals surface area (Å²) in [6.45, 7) is 5.84. The highest BCUT2D eigenvalue weighted by Crippen LogP contribution is 2.19. The smallest absolute Gasteiger partial charge is 0.341 e. The molecule has 0 aliphatic heterocycles. The zero-order valence-electron chi connectivity index (χ0n) is 11.6. The lowest BCUT2D eigenvalue weighted by molar-refractivity contribution is 0.0524. The molecule has 0 spiro atoms. The van der Waals surface area contributed by atoms with Crippen molar-refractivity contribution in [2.75, 3.05) is 11.9 Å². The first-order chi connectivity index (χ1) is 9.61. The number of hydrogen-bond acceptors (Lipinski definition) is 7. The minimum atomic E-state index is -0.399. The molecule has 0 aromatic carbocycles. The number of carbonyl (C=O) groups is 1. The second kappa shape index (κ2) is 6.42. The number of aromatic nitrogens is 3. The van der Waals surface area contributed by atoms with E-state index in [9.17, 15) is 4.79 Å². The van der Waals surface area contributed by atoms with E-state index in [4.69, 9.17) is 4.74 Å². The van der Waals surface area contributed by atoms with Gasteiger partial charge < -0.3 is 10.1 Å². The van der Waals surface area contributed by atoms with Crippen molar-refractivity contribution in [3.05, 3.63) is 34.0 Å². The third-order valence-corrected chi connectivity index (χ3v) is 3.60. The Morgan fingerprint density at radius 2 is 2.30 bits per heavy atom. The molecule has 2 rings (SSSR count). The van der Waals surface area contributed by atoms with Gasteiger partial charge in [-0.05, 0) is 20.8 Å². The Kier molecular flexibility index (Phi) is 4.62. The number of rotatable bonds is 5. The summed E-state index contributed by atoms with van der Waals surface area (Å²) in [7, 11) is 0. The average molecular weight is 292 g/mol. The molecule has 0 saturated carbocycles. The molecule has 7 heteroatoms. The number of esters is 1. The molecular formula is C13H16N4O2S. The molecule has 6 nitrogen and oxygen atoms in total. The molecule has 0 aliphatic rings. The largest absolute Gasteiger partial charge is 0.462 e. The van der Waals surface area contributed by atoms with Crippen LogP contribution in [0.3, 0.4) is 0 Å². The van der Waals surface area contributed by atoms with Gasteiger partial charge in [0.1, 0.15) is 5.01 Å². The molecule has 0 radical (unpaired) electrons. The van der Waals surface area contributed by atoms with Crippen molar-refractivity contribution in [1.82, 2.24) is 15.0 Å². The van der Waals surface area contributed by atoms with Crippen molar-refractivity contribution in [2.45, 2.75) is 26.8 Å². The molecule has 1 atom stereocenters. The topological polar surface area (TPSA) is 77.0 Å². The van der Waals surface area contributed by atoms with Gasteiger partial charge in [0, 0.05) is 17.8 Å². The van der Waals surface area contributed by atoms with E-state index in [1.54, 1.807) is 31.4 Å². The highest BCUT2D eigenvalue weighted by molar-refractivity contribution is 7.09. The van der Waals surface area contributed by atoms with Crippen molar-refractivity contribution in [3.8, 4) is 0 Å². The fraction of sp³-hybridized carbons (Fsp3) is 0.385. The van der Waals surface area contributed by atoms with Gasteiger partial charge in [-0.3, -0.25) is 0 Å². The number of nitrogens with zero attached hydrogens (tertiary/aromatic N) is 3. The van der Waals surface area contributed by atoms with E-state index < -0.39 is 5.97 Å². The zero-order chi connectivity index (χ0) is 14.5. The third-order valence-electron chi connectivity index (χ3n) is 2.64. The standard InChI is InChI=1S/C13H16N4O2S/c1-4-19-12(18)10-7-15-13(16-8(10)2)17-9(3)11-14-5-6-20-11/h5-7,9H,4H2,1-3H3,(H,15,16,17). The number of nitrogens with one attached hydrogen (secondary N) is 1. The van der Waals surface area contributed by atoms with E-state index in [-0.39, 0.29) is 6.04 Å². The normalized spacial score (nSPS) is 11.9. The van der Waals surface area contributed by atoms with Gasteiger partial charge in [0.05, 0.1) is 23.9 Å². The van der Waals surface area contributed by atoms with Crippen LogP contribution in [0.25, 0.3) is 0 Å². The fourth-order valence-electron chi connectivity index (χ4n) is 1.65. The molecule has 20 heavy (non-hydrogen) atoms. The van der Waals surface area contributed by atoms with Gasteiger partial charge in [-0.1, -0.05) is 0 Å². The molecule has 106 valence electrons. The van der Waals surface area contributed by atoms with Gasteiger partial charge in [-0.2, -0.15) is 0 Å². The lowest BCUT2D eigenvalue weighted by atomic mass is 10.2. The second-order valence-corrected chi connectivity index (χ2v) is 5.08. The van der Waals surface area contributed by atoms with E-state index in [1.807, 2.05) is 12.3 Å². The van der Waals surface area contributed by atoms with E-state index in [2.05, 4.69) is 20.3 Å². The molecule has 0 saturated heterocycles. The summed E-state index contributed by atoms with van der Waals surface area (Å²) in [4.78, 5) is 24.3. The van der Waals surface area contributed by atoms with Crippen LogP contribution in [0.5, 0.6) is 0 Å². The zero-order valence-corrected chi connectivity index (χ0v) is 12.4. The first-order valence-electron chi connectivity index (χ1n) is 6.28. The van der Waals surface area contributed by atoms with Gasteiger partial charge in [0.25, 0.3) is 0 Å². The van der Waals surface area contributed by atoms with E-state index in [1.165, 1.54) is 6.20 Å². The molecular weight excluding hydrogens is 276 g/mol. The quantitative estimate of drug-likeness (QED) is 0.854. The predicted octanol–water partition coefficient (Wildman–Crippen LogP) is 2.59. The van der Waals surface area contributed by atoms with Crippen LogP contribution in [0.2, 0.25) is 0 Å². The van der Waals surface area contributed by atoms with Gasteiger partial charge in [-0.25, -0.2) is 19.7 Å². The summed E-state index contributed by atoms with van der Waals surface area (Å²) >= 11 is 1.57. The monoisotopic (exact) mass is 292 g/mol. The Labute approximate surface area is 121 Å². The summed E-state index contributed by atoms with van der Waals surface area (Å²) in [5, 5.41) is 6.04. The molecule has 2 heterocycles. The minimum Gasteiger partial charge on any atom is -0.462 e. The first-order valence-corrected chi connectivity index (χ1v) is 7.16. The summed E-state index contributed by atoms with van der Waals surface area (Å²) in [5.74, 6) is 0.0720. The molecule has 0 bridgehead atoms. The molecule has 0 aliphatic carbocycles. The summed E-state index contributed by atoms with van der Waals surface area (Å²) < 4.78 is 4.94. The van der Waals surface area contributed by atoms with Crippen LogP contribution < -0.4 is 5.32 Å². The summed E-state index contributed by atoms with van der Waals surface area (Å²) in [5.41, 5.74) is 0.978.